The Labute approximate surface area is 189 Å². The Kier molecular flexibility index (Phi) is 6.16. The fourth-order valence-electron chi connectivity index (χ4n) is 3.64. The quantitative estimate of drug-likeness (QED) is 0.589. The number of benzene rings is 1. The van der Waals surface area contributed by atoms with Crippen molar-refractivity contribution in [3.63, 3.8) is 0 Å². The summed E-state index contributed by atoms with van der Waals surface area (Å²) in [6.07, 6.45) is 1.20. The van der Waals surface area contributed by atoms with Crippen molar-refractivity contribution in [3.8, 4) is 11.3 Å². The van der Waals surface area contributed by atoms with Crippen LogP contribution in [0.4, 0.5) is 5.13 Å². The van der Waals surface area contributed by atoms with E-state index in [2.05, 4.69) is 15.5 Å². The number of sulfonamides is 1. The van der Waals surface area contributed by atoms with Gasteiger partial charge in [-0.1, -0.05) is 28.9 Å². The highest BCUT2D eigenvalue weighted by Crippen LogP contribution is 2.30. The predicted molar refractivity (Wildman–Crippen MR) is 119 cm³/mol. The van der Waals surface area contributed by atoms with Gasteiger partial charge in [0.2, 0.25) is 15.9 Å². The van der Waals surface area contributed by atoms with E-state index in [9.17, 15) is 13.2 Å². The van der Waals surface area contributed by atoms with E-state index in [1.165, 1.54) is 15.6 Å². The summed E-state index contributed by atoms with van der Waals surface area (Å²) in [6.45, 7) is 3.63. The molecule has 1 aliphatic heterocycles. The Bertz CT molecular complexity index is 1180. The summed E-state index contributed by atoms with van der Waals surface area (Å²) in [4.78, 5) is 17.4. The minimum atomic E-state index is -3.78. The van der Waals surface area contributed by atoms with Crippen LogP contribution in [0.1, 0.15) is 24.3 Å². The lowest BCUT2D eigenvalue weighted by atomic mass is 9.99. The Morgan fingerprint density at radius 3 is 2.71 bits per heavy atom. The van der Waals surface area contributed by atoms with Gasteiger partial charge in [-0.3, -0.25) is 4.79 Å². The third-order valence-electron chi connectivity index (χ3n) is 5.19. The summed E-state index contributed by atoms with van der Waals surface area (Å²) in [5.74, 6) is -0.455. The van der Waals surface area contributed by atoms with Crippen LogP contribution >= 0.6 is 22.9 Å². The van der Waals surface area contributed by atoms with Gasteiger partial charge >= 0.3 is 0 Å². The second-order valence-corrected chi connectivity index (χ2v) is 10.6. The highest BCUT2D eigenvalue weighted by molar-refractivity contribution is 7.89. The van der Waals surface area contributed by atoms with Crippen LogP contribution in [-0.2, 0) is 14.8 Å². The van der Waals surface area contributed by atoms with Gasteiger partial charge in [0, 0.05) is 29.1 Å². The number of amides is 1. The number of anilines is 1. The van der Waals surface area contributed by atoms with E-state index >= 15 is 0 Å². The van der Waals surface area contributed by atoms with E-state index < -0.39 is 15.9 Å². The molecule has 1 N–H and O–H groups in total. The zero-order valence-corrected chi connectivity index (χ0v) is 19.4. The molecule has 4 rings (SSSR count). The van der Waals surface area contributed by atoms with Crippen LogP contribution in [0.3, 0.4) is 0 Å². The SMILES string of the molecule is Cc1noc(C)c1S(=O)(=O)N1CCCC(C(=O)Nc2nc(-c3ccc(Cl)cc3)cs2)C1. The van der Waals surface area contributed by atoms with Gasteiger partial charge < -0.3 is 9.84 Å². The van der Waals surface area contributed by atoms with Gasteiger partial charge in [-0.15, -0.1) is 11.3 Å². The first-order valence-electron chi connectivity index (χ1n) is 9.71. The van der Waals surface area contributed by atoms with Gasteiger partial charge in [0.1, 0.15) is 10.6 Å². The van der Waals surface area contributed by atoms with E-state index in [-0.39, 0.29) is 23.1 Å². The molecule has 11 heteroatoms. The normalized spacial score (nSPS) is 17.6. The van der Waals surface area contributed by atoms with Crippen molar-refractivity contribution < 1.29 is 17.7 Å². The molecular weight excluding hydrogens is 460 g/mol. The minimum absolute atomic E-state index is 0.0843. The van der Waals surface area contributed by atoms with Crippen molar-refractivity contribution in [1.29, 1.82) is 0 Å². The maximum Gasteiger partial charge on any atom is 0.248 e. The number of nitrogens with zero attached hydrogens (tertiary/aromatic N) is 3. The summed E-state index contributed by atoms with van der Waals surface area (Å²) in [7, 11) is -3.78. The van der Waals surface area contributed by atoms with E-state index in [4.69, 9.17) is 16.1 Å². The van der Waals surface area contributed by atoms with Crippen molar-refractivity contribution in [1.82, 2.24) is 14.4 Å². The van der Waals surface area contributed by atoms with Gasteiger partial charge in [0.25, 0.3) is 0 Å². The van der Waals surface area contributed by atoms with Crippen molar-refractivity contribution in [2.45, 2.75) is 31.6 Å². The minimum Gasteiger partial charge on any atom is -0.360 e. The molecule has 1 atom stereocenters. The number of halogens is 1. The maximum absolute atomic E-state index is 13.1. The van der Waals surface area contributed by atoms with E-state index in [0.29, 0.717) is 35.2 Å². The summed E-state index contributed by atoms with van der Waals surface area (Å²) in [5, 5.41) is 9.55. The molecule has 0 saturated carbocycles. The molecule has 164 valence electrons. The molecule has 0 aliphatic carbocycles. The number of aryl methyl sites for hydroxylation is 2. The molecule has 1 unspecified atom stereocenters. The predicted octanol–water partition coefficient (Wildman–Crippen LogP) is 4.11. The number of nitrogens with one attached hydrogen (secondary N) is 1. The molecule has 0 spiro atoms. The molecular formula is C20H21ClN4O4S2. The Hall–Kier alpha value is -2.27. The molecule has 1 amide bonds. The topological polar surface area (TPSA) is 105 Å². The van der Waals surface area contributed by atoms with Gasteiger partial charge in [-0.2, -0.15) is 4.31 Å². The number of carbonyl (C=O) groups excluding carboxylic acids is 1. The van der Waals surface area contributed by atoms with Crippen LogP contribution < -0.4 is 5.32 Å². The fraction of sp³-hybridized carbons (Fsp3) is 0.350. The van der Waals surface area contributed by atoms with E-state index in [0.717, 1.165) is 11.3 Å². The van der Waals surface area contributed by atoms with Gasteiger partial charge in [0.15, 0.2) is 10.9 Å². The highest BCUT2D eigenvalue weighted by atomic mass is 35.5. The lowest BCUT2D eigenvalue weighted by molar-refractivity contribution is -0.120. The smallest absolute Gasteiger partial charge is 0.248 e. The second-order valence-electron chi connectivity index (χ2n) is 7.39. The third-order valence-corrected chi connectivity index (χ3v) is 8.31. The number of piperidine rings is 1. The van der Waals surface area contributed by atoms with Gasteiger partial charge in [-0.05, 0) is 38.8 Å². The highest BCUT2D eigenvalue weighted by Gasteiger charge is 2.36. The zero-order valence-electron chi connectivity index (χ0n) is 17.0. The molecule has 1 aromatic carbocycles. The summed E-state index contributed by atoms with van der Waals surface area (Å²) in [5.41, 5.74) is 1.96. The van der Waals surface area contributed by atoms with Crippen molar-refractivity contribution in [2.24, 2.45) is 5.92 Å². The number of carbonyl (C=O) groups is 1. The van der Waals surface area contributed by atoms with Crippen LogP contribution in [0, 0.1) is 19.8 Å². The third kappa shape index (κ3) is 4.52. The summed E-state index contributed by atoms with van der Waals surface area (Å²) < 4.78 is 32.5. The molecule has 1 aliphatic rings. The molecule has 1 fully saturated rings. The summed E-state index contributed by atoms with van der Waals surface area (Å²) >= 11 is 7.24. The van der Waals surface area contributed by atoms with Crippen LogP contribution in [0.5, 0.6) is 0 Å². The molecule has 0 radical (unpaired) electrons. The standard InChI is InChI=1S/C20H21ClN4O4S2/c1-12-18(13(2)29-24-12)31(27,28)25-9-3-4-15(10-25)19(26)23-20-22-17(11-30-20)14-5-7-16(21)8-6-14/h5-8,11,15H,3-4,9-10H2,1-2H3,(H,22,23,26). The summed E-state index contributed by atoms with van der Waals surface area (Å²) in [6, 6.07) is 7.29. The average Bonchev–Trinajstić information content (AvgIpc) is 3.35. The Balaban J connectivity index is 1.45. The fourth-order valence-corrected chi connectivity index (χ4v) is 6.30. The first-order chi connectivity index (χ1) is 14.8. The van der Waals surface area contributed by atoms with Crippen molar-refractivity contribution in [2.75, 3.05) is 18.4 Å². The van der Waals surface area contributed by atoms with Crippen molar-refractivity contribution >= 4 is 44.0 Å². The first kappa shape index (κ1) is 21.9. The maximum atomic E-state index is 13.1. The zero-order chi connectivity index (χ0) is 22.2. The van der Waals surface area contributed by atoms with Crippen LogP contribution in [0.2, 0.25) is 5.02 Å². The number of hydrogen-bond acceptors (Lipinski definition) is 7. The first-order valence-corrected chi connectivity index (χ1v) is 12.4. The van der Waals surface area contributed by atoms with E-state index in [1.54, 1.807) is 26.0 Å². The monoisotopic (exact) mass is 480 g/mol. The Morgan fingerprint density at radius 2 is 2.03 bits per heavy atom. The van der Waals surface area contributed by atoms with E-state index in [1.807, 2.05) is 17.5 Å². The van der Waals surface area contributed by atoms with Crippen LogP contribution in [-0.4, -0.2) is 41.9 Å². The number of aromatic nitrogens is 2. The van der Waals surface area contributed by atoms with Crippen LogP contribution in [0.15, 0.2) is 39.1 Å². The number of thiazole rings is 1. The van der Waals surface area contributed by atoms with Gasteiger partial charge in [0.05, 0.1) is 11.6 Å². The molecule has 2 aromatic heterocycles. The lowest BCUT2D eigenvalue weighted by Crippen LogP contribution is -2.43. The average molecular weight is 481 g/mol. The lowest BCUT2D eigenvalue weighted by Gasteiger charge is -2.30. The Morgan fingerprint density at radius 1 is 1.29 bits per heavy atom. The molecule has 0 bridgehead atoms. The number of hydrogen-bond donors (Lipinski definition) is 1. The van der Waals surface area contributed by atoms with Crippen molar-refractivity contribution in [3.05, 3.63) is 46.1 Å². The molecule has 3 aromatic rings. The van der Waals surface area contributed by atoms with Gasteiger partial charge in [-0.25, -0.2) is 13.4 Å². The largest absolute Gasteiger partial charge is 0.360 e. The molecule has 31 heavy (non-hydrogen) atoms. The molecule has 3 heterocycles. The number of rotatable bonds is 5. The van der Waals surface area contributed by atoms with Crippen LogP contribution in [0.25, 0.3) is 11.3 Å². The second kappa shape index (κ2) is 8.70. The molecule has 1 saturated heterocycles. The molecule has 8 nitrogen and oxygen atoms in total.